The third-order valence-electron chi connectivity index (χ3n) is 5.58. The average molecular weight is 461 g/mol. The van der Waals surface area contributed by atoms with Gasteiger partial charge in [0.2, 0.25) is 10.0 Å². The van der Waals surface area contributed by atoms with E-state index >= 15 is 0 Å². The summed E-state index contributed by atoms with van der Waals surface area (Å²) in [5.41, 5.74) is 1.05. The van der Waals surface area contributed by atoms with Crippen LogP contribution in [0.5, 0.6) is 0 Å². The lowest BCUT2D eigenvalue weighted by Gasteiger charge is -2.31. The first kappa shape index (κ1) is 23.7. The minimum absolute atomic E-state index is 0.0938. The van der Waals surface area contributed by atoms with E-state index in [-0.39, 0.29) is 16.1 Å². The Labute approximate surface area is 188 Å². The van der Waals surface area contributed by atoms with Crippen LogP contribution in [0.2, 0.25) is 0 Å². The molecule has 0 radical (unpaired) electrons. The molecule has 32 heavy (non-hydrogen) atoms. The van der Waals surface area contributed by atoms with Gasteiger partial charge in [0.05, 0.1) is 21.2 Å². The molecule has 9 nitrogen and oxygen atoms in total. The summed E-state index contributed by atoms with van der Waals surface area (Å²) in [5, 5.41) is 13.9. The number of carbonyl (C=O) groups is 1. The molecule has 0 atom stereocenters. The van der Waals surface area contributed by atoms with E-state index in [0.717, 1.165) is 38.0 Å². The molecule has 1 heterocycles. The van der Waals surface area contributed by atoms with E-state index in [1.807, 2.05) is 0 Å². The summed E-state index contributed by atoms with van der Waals surface area (Å²) >= 11 is 0. The Balaban J connectivity index is 2.01. The fourth-order valence-electron chi connectivity index (χ4n) is 3.85. The Kier molecular flexibility index (Phi) is 7.47. The van der Waals surface area contributed by atoms with Crippen LogP contribution in [0.25, 0.3) is 0 Å². The number of piperidine rings is 1. The van der Waals surface area contributed by atoms with Crippen molar-refractivity contribution in [3.8, 4) is 0 Å². The van der Waals surface area contributed by atoms with Gasteiger partial charge in [0, 0.05) is 43.9 Å². The molecule has 1 aliphatic heterocycles. The Morgan fingerprint density at radius 1 is 1.09 bits per heavy atom. The largest absolute Gasteiger partial charge is 0.370 e. The zero-order chi connectivity index (χ0) is 23.3. The summed E-state index contributed by atoms with van der Waals surface area (Å²) in [7, 11) is -3.72. The lowest BCUT2D eigenvalue weighted by atomic mass is 10.1. The minimum atomic E-state index is -3.72. The monoisotopic (exact) mass is 460 g/mol. The Morgan fingerprint density at radius 2 is 1.78 bits per heavy atom. The normalized spacial score (nSPS) is 14.4. The third-order valence-corrected chi connectivity index (χ3v) is 7.62. The fourth-order valence-corrected chi connectivity index (χ4v) is 5.34. The second kappa shape index (κ2) is 10.1. The Morgan fingerprint density at radius 3 is 2.41 bits per heavy atom. The van der Waals surface area contributed by atoms with Gasteiger partial charge in [-0.3, -0.25) is 14.9 Å². The number of anilines is 2. The summed E-state index contributed by atoms with van der Waals surface area (Å²) in [4.78, 5) is 25.6. The number of sulfonamides is 1. The van der Waals surface area contributed by atoms with Crippen molar-refractivity contribution in [2.75, 3.05) is 36.4 Å². The van der Waals surface area contributed by atoms with E-state index in [4.69, 9.17) is 0 Å². The molecule has 0 spiro atoms. The number of hydrogen-bond donors (Lipinski definition) is 1. The smallest absolute Gasteiger partial charge is 0.270 e. The van der Waals surface area contributed by atoms with Gasteiger partial charge in [-0.1, -0.05) is 19.9 Å². The van der Waals surface area contributed by atoms with Gasteiger partial charge in [-0.15, -0.1) is 0 Å². The van der Waals surface area contributed by atoms with Gasteiger partial charge in [0.25, 0.3) is 11.6 Å². The Hall–Kier alpha value is -2.98. The van der Waals surface area contributed by atoms with E-state index in [1.165, 1.54) is 34.6 Å². The van der Waals surface area contributed by atoms with Gasteiger partial charge in [0.15, 0.2) is 0 Å². The molecule has 2 aromatic carbocycles. The molecule has 172 valence electrons. The topological polar surface area (TPSA) is 113 Å². The third kappa shape index (κ3) is 5.08. The van der Waals surface area contributed by atoms with Crippen molar-refractivity contribution in [1.82, 2.24) is 4.31 Å². The fraction of sp³-hybridized carbons (Fsp3) is 0.409. The van der Waals surface area contributed by atoms with Crippen LogP contribution in [0.15, 0.2) is 47.4 Å². The van der Waals surface area contributed by atoms with E-state index < -0.39 is 20.9 Å². The molecular weight excluding hydrogens is 432 g/mol. The molecule has 0 bridgehead atoms. The first-order valence-electron chi connectivity index (χ1n) is 10.7. The van der Waals surface area contributed by atoms with Gasteiger partial charge in [-0.2, -0.15) is 4.31 Å². The summed E-state index contributed by atoms with van der Waals surface area (Å²) in [5.74, 6) is -0.538. The number of hydrogen-bond acceptors (Lipinski definition) is 6. The zero-order valence-electron chi connectivity index (χ0n) is 18.3. The summed E-state index contributed by atoms with van der Waals surface area (Å²) < 4.78 is 27.4. The summed E-state index contributed by atoms with van der Waals surface area (Å²) in [6.07, 6.45) is 3.15. The maximum absolute atomic E-state index is 13.0. The van der Waals surface area contributed by atoms with Gasteiger partial charge >= 0.3 is 0 Å². The second-order valence-electron chi connectivity index (χ2n) is 7.58. The molecule has 1 fully saturated rings. The van der Waals surface area contributed by atoms with E-state index in [9.17, 15) is 23.3 Å². The number of nitrogens with zero attached hydrogens (tertiary/aromatic N) is 3. The first-order chi connectivity index (χ1) is 15.3. The molecule has 0 aromatic heterocycles. The highest BCUT2D eigenvalue weighted by Gasteiger charge is 2.25. The lowest BCUT2D eigenvalue weighted by molar-refractivity contribution is -0.384. The number of rotatable bonds is 8. The molecule has 3 rings (SSSR count). The zero-order valence-corrected chi connectivity index (χ0v) is 19.1. The first-order valence-corrected chi connectivity index (χ1v) is 12.2. The molecule has 1 amide bonds. The quantitative estimate of drug-likeness (QED) is 0.473. The molecule has 0 saturated carbocycles. The standard InChI is InChI=1S/C22H28N4O5S/c1-3-25(4-2)32(30,31)19-11-12-21(24-13-6-5-7-14-24)20(16-19)23-22(27)17-9-8-10-18(15-17)26(28)29/h8-12,15-16H,3-7,13-14H2,1-2H3,(H,23,27). The van der Waals surface area contributed by atoms with Gasteiger partial charge in [-0.05, 0) is 43.5 Å². The number of nitro groups is 1. The van der Waals surface area contributed by atoms with Crippen LogP contribution in [0, 0.1) is 10.1 Å². The molecule has 1 saturated heterocycles. The van der Waals surface area contributed by atoms with Crippen LogP contribution in [0.3, 0.4) is 0 Å². The number of non-ortho nitro benzene ring substituents is 1. The second-order valence-corrected chi connectivity index (χ2v) is 9.52. The maximum atomic E-state index is 13.0. The highest BCUT2D eigenvalue weighted by atomic mass is 32.2. The van der Waals surface area contributed by atoms with Gasteiger partial charge in [-0.25, -0.2) is 8.42 Å². The number of benzene rings is 2. The number of amides is 1. The van der Waals surface area contributed by atoms with E-state index in [1.54, 1.807) is 26.0 Å². The summed E-state index contributed by atoms with van der Waals surface area (Å²) in [6.45, 7) is 5.83. The molecule has 10 heteroatoms. The predicted molar refractivity (Wildman–Crippen MR) is 124 cm³/mol. The number of nitro benzene ring substituents is 1. The highest BCUT2D eigenvalue weighted by molar-refractivity contribution is 7.89. The number of nitrogens with one attached hydrogen (secondary N) is 1. The van der Waals surface area contributed by atoms with Crippen LogP contribution in [0.4, 0.5) is 17.1 Å². The molecular formula is C22H28N4O5S. The van der Waals surface area contributed by atoms with E-state index in [0.29, 0.717) is 18.8 Å². The van der Waals surface area contributed by atoms with E-state index in [2.05, 4.69) is 10.2 Å². The molecule has 2 aromatic rings. The van der Waals surface area contributed by atoms with Crippen molar-refractivity contribution in [2.24, 2.45) is 0 Å². The highest BCUT2D eigenvalue weighted by Crippen LogP contribution is 2.32. The molecule has 1 N–H and O–H groups in total. The lowest BCUT2D eigenvalue weighted by Crippen LogP contribution is -2.32. The van der Waals surface area contributed by atoms with Crippen molar-refractivity contribution in [2.45, 2.75) is 38.0 Å². The van der Waals surface area contributed by atoms with Gasteiger partial charge < -0.3 is 10.2 Å². The SMILES string of the molecule is CCN(CC)S(=O)(=O)c1ccc(N2CCCCC2)c(NC(=O)c2cccc([N+](=O)[O-])c2)c1. The Bertz CT molecular complexity index is 1090. The van der Waals surface area contributed by atoms with Crippen LogP contribution in [-0.2, 0) is 10.0 Å². The van der Waals surface area contributed by atoms with Crippen molar-refractivity contribution >= 4 is 33.0 Å². The van der Waals surface area contributed by atoms with Crippen LogP contribution in [0.1, 0.15) is 43.5 Å². The molecule has 0 unspecified atom stereocenters. The van der Waals surface area contributed by atoms with Crippen molar-refractivity contribution in [1.29, 1.82) is 0 Å². The van der Waals surface area contributed by atoms with Gasteiger partial charge in [0.1, 0.15) is 0 Å². The summed E-state index contributed by atoms with van der Waals surface area (Å²) in [6, 6.07) is 10.2. The van der Waals surface area contributed by atoms with Crippen LogP contribution < -0.4 is 10.2 Å². The average Bonchev–Trinajstić information content (AvgIpc) is 2.80. The number of carbonyl (C=O) groups excluding carboxylic acids is 1. The van der Waals surface area contributed by atoms with Crippen molar-refractivity contribution < 1.29 is 18.1 Å². The predicted octanol–water partition coefficient (Wildman–Crippen LogP) is 3.87. The molecule has 1 aliphatic rings. The molecule has 0 aliphatic carbocycles. The van der Waals surface area contributed by atoms with Crippen LogP contribution >= 0.6 is 0 Å². The minimum Gasteiger partial charge on any atom is -0.370 e. The maximum Gasteiger partial charge on any atom is 0.270 e. The van der Waals surface area contributed by atoms with Crippen molar-refractivity contribution in [3.63, 3.8) is 0 Å². The van der Waals surface area contributed by atoms with Crippen molar-refractivity contribution in [3.05, 3.63) is 58.1 Å². The van der Waals surface area contributed by atoms with Crippen LogP contribution in [-0.4, -0.2) is 49.7 Å².